The second-order valence-corrected chi connectivity index (χ2v) is 3.40. The van der Waals surface area contributed by atoms with Crippen molar-refractivity contribution < 1.29 is 4.39 Å². The van der Waals surface area contributed by atoms with Crippen LogP contribution in [0.25, 0.3) is 0 Å². The number of hydrogen-bond donors (Lipinski definition) is 2. The second-order valence-electron chi connectivity index (χ2n) is 3.40. The number of nitrogen functional groups attached to an aromatic ring is 1. The zero-order valence-electron chi connectivity index (χ0n) is 8.65. The summed E-state index contributed by atoms with van der Waals surface area (Å²) in [7, 11) is 0. The Labute approximate surface area is 93.1 Å². The van der Waals surface area contributed by atoms with Gasteiger partial charge in [-0.25, -0.2) is 4.39 Å². The number of anilines is 2. The smallest absolute Gasteiger partial charge is 0.125 e. The molecule has 0 spiro atoms. The lowest BCUT2D eigenvalue weighted by Gasteiger charge is -2.07. The van der Waals surface area contributed by atoms with Crippen LogP contribution in [0.5, 0.6) is 0 Å². The molecule has 1 aromatic carbocycles. The first-order chi connectivity index (χ1) is 7.75. The van der Waals surface area contributed by atoms with E-state index in [1.807, 2.05) is 0 Å². The number of rotatable bonds is 3. The summed E-state index contributed by atoms with van der Waals surface area (Å²) in [5.41, 5.74) is 7.84. The topological polar surface area (TPSA) is 50.9 Å². The lowest BCUT2D eigenvalue weighted by molar-refractivity contribution is 0.628. The first kappa shape index (κ1) is 10.4. The Morgan fingerprint density at radius 3 is 2.88 bits per heavy atom. The van der Waals surface area contributed by atoms with E-state index in [0.717, 1.165) is 5.69 Å². The highest BCUT2D eigenvalue weighted by Crippen LogP contribution is 2.12. The molecule has 0 amide bonds. The fraction of sp³-hybridized carbons (Fsp3) is 0.0833. The number of pyridine rings is 1. The van der Waals surface area contributed by atoms with Crippen LogP contribution >= 0.6 is 0 Å². The van der Waals surface area contributed by atoms with Crippen LogP contribution in [-0.2, 0) is 6.54 Å². The van der Waals surface area contributed by atoms with E-state index in [9.17, 15) is 4.39 Å². The van der Waals surface area contributed by atoms with Crippen molar-refractivity contribution in [3.05, 3.63) is 54.1 Å². The Morgan fingerprint density at radius 2 is 2.12 bits per heavy atom. The van der Waals surface area contributed by atoms with Crippen LogP contribution in [0.15, 0.2) is 42.6 Å². The molecule has 1 heterocycles. The van der Waals surface area contributed by atoms with Crippen LogP contribution in [0, 0.1) is 5.82 Å². The van der Waals surface area contributed by atoms with Gasteiger partial charge in [-0.3, -0.25) is 4.98 Å². The maximum Gasteiger partial charge on any atom is 0.125 e. The highest BCUT2D eigenvalue weighted by Gasteiger charge is 1.99. The zero-order valence-corrected chi connectivity index (χ0v) is 8.65. The van der Waals surface area contributed by atoms with Gasteiger partial charge >= 0.3 is 0 Å². The second kappa shape index (κ2) is 4.61. The number of benzene rings is 1. The van der Waals surface area contributed by atoms with E-state index < -0.39 is 0 Å². The molecule has 2 rings (SSSR count). The Balaban J connectivity index is 2.05. The quantitative estimate of drug-likeness (QED) is 0.830. The zero-order chi connectivity index (χ0) is 11.4. The third-order valence-electron chi connectivity index (χ3n) is 2.21. The maximum atomic E-state index is 12.9. The van der Waals surface area contributed by atoms with Crippen molar-refractivity contribution in [1.29, 1.82) is 0 Å². The first-order valence-electron chi connectivity index (χ1n) is 4.94. The van der Waals surface area contributed by atoms with Gasteiger partial charge in [0, 0.05) is 11.9 Å². The molecule has 0 unspecified atom stereocenters. The van der Waals surface area contributed by atoms with Crippen LogP contribution in [0.4, 0.5) is 15.8 Å². The number of nitrogens with zero attached hydrogens (tertiary/aromatic N) is 1. The van der Waals surface area contributed by atoms with Gasteiger partial charge in [0.15, 0.2) is 0 Å². The average Bonchev–Trinajstić information content (AvgIpc) is 2.28. The van der Waals surface area contributed by atoms with Gasteiger partial charge in [-0.2, -0.15) is 0 Å². The molecule has 0 fully saturated rings. The summed E-state index contributed by atoms with van der Waals surface area (Å²) in [5.74, 6) is -0.265. The summed E-state index contributed by atoms with van der Waals surface area (Å²) >= 11 is 0. The van der Waals surface area contributed by atoms with E-state index in [4.69, 9.17) is 5.73 Å². The molecule has 3 N–H and O–H groups in total. The van der Waals surface area contributed by atoms with Gasteiger partial charge in [-0.15, -0.1) is 0 Å². The lowest BCUT2D eigenvalue weighted by Crippen LogP contribution is -2.04. The van der Waals surface area contributed by atoms with Crippen LogP contribution < -0.4 is 11.1 Å². The van der Waals surface area contributed by atoms with Crippen LogP contribution in [0.3, 0.4) is 0 Å². The predicted molar refractivity (Wildman–Crippen MR) is 62.4 cm³/mol. The van der Waals surface area contributed by atoms with E-state index >= 15 is 0 Å². The molecule has 1 aromatic heterocycles. The molecular formula is C12H12FN3. The Kier molecular flexibility index (Phi) is 3.00. The van der Waals surface area contributed by atoms with E-state index in [1.165, 1.54) is 12.1 Å². The number of halogens is 1. The minimum Gasteiger partial charge on any atom is -0.397 e. The van der Waals surface area contributed by atoms with Crippen LogP contribution in [0.1, 0.15) is 5.69 Å². The summed E-state index contributed by atoms with van der Waals surface area (Å²) < 4.78 is 12.9. The summed E-state index contributed by atoms with van der Waals surface area (Å²) in [6, 6.07) is 9.84. The molecular weight excluding hydrogens is 205 g/mol. The van der Waals surface area contributed by atoms with Crippen LogP contribution in [-0.4, -0.2) is 4.98 Å². The average molecular weight is 217 g/mol. The van der Waals surface area contributed by atoms with Crippen molar-refractivity contribution in [2.75, 3.05) is 11.1 Å². The molecule has 0 aliphatic heterocycles. The fourth-order valence-corrected chi connectivity index (χ4v) is 1.38. The van der Waals surface area contributed by atoms with E-state index in [-0.39, 0.29) is 5.82 Å². The van der Waals surface area contributed by atoms with Crippen molar-refractivity contribution >= 4 is 11.4 Å². The fourth-order valence-electron chi connectivity index (χ4n) is 1.38. The summed E-state index contributed by atoms with van der Waals surface area (Å²) in [4.78, 5) is 4.13. The normalized spacial score (nSPS) is 10.1. The van der Waals surface area contributed by atoms with Gasteiger partial charge in [0.2, 0.25) is 0 Å². The minimum atomic E-state index is -0.265. The van der Waals surface area contributed by atoms with Crippen molar-refractivity contribution in [2.24, 2.45) is 0 Å². The maximum absolute atomic E-state index is 12.9. The number of aromatic nitrogens is 1. The largest absolute Gasteiger partial charge is 0.397 e. The first-order valence-corrected chi connectivity index (χ1v) is 4.94. The molecule has 3 nitrogen and oxygen atoms in total. The highest BCUT2D eigenvalue weighted by atomic mass is 19.1. The lowest BCUT2D eigenvalue weighted by atomic mass is 10.2. The summed E-state index contributed by atoms with van der Waals surface area (Å²) in [5, 5.41) is 3.06. The minimum absolute atomic E-state index is 0.265. The van der Waals surface area contributed by atoms with Gasteiger partial charge in [0.05, 0.1) is 17.9 Å². The van der Waals surface area contributed by atoms with Gasteiger partial charge in [0.1, 0.15) is 5.82 Å². The van der Waals surface area contributed by atoms with Gasteiger partial charge in [0.25, 0.3) is 0 Å². The van der Waals surface area contributed by atoms with E-state index in [1.54, 1.807) is 30.5 Å². The Bertz CT molecular complexity index is 485. The van der Waals surface area contributed by atoms with Gasteiger partial charge in [-0.05, 0) is 30.3 Å². The van der Waals surface area contributed by atoms with Crippen molar-refractivity contribution in [1.82, 2.24) is 4.98 Å². The molecule has 16 heavy (non-hydrogen) atoms. The SMILES string of the molecule is Nc1cccnc1CNc1cccc(F)c1. The number of nitrogens with one attached hydrogen (secondary N) is 1. The number of nitrogens with two attached hydrogens (primary N) is 1. The highest BCUT2D eigenvalue weighted by molar-refractivity contribution is 5.47. The van der Waals surface area contributed by atoms with Gasteiger partial charge in [-0.1, -0.05) is 6.07 Å². The summed E-state index contributed by atoms with van der Waals surface area (Å²) in [6.07, 6.45) is 1.68. The molecule has 0 aliphatic rings. The molecule has 0 saturated carbocycles. The number of hydrogen-bond acceptors (Lipinski definition) is 3. The van der Waals surface area contributed by atoms with Crippen molar-refractivity contribution in [2.45, 2.75) is 6.54 Å². The van der Waals surface area contributed by atoms with Gasteiger partial charge < -0.3 is 11.1 Å². The standard InChI is InChI=1S/C12H12FN3/c13-9-3-1-4-10(7-9)16-8-12-11(14)5-2-6-15-12/h1-7,16H,8,14H2. The third-order valence-corrected chi connectivity index (χ3v) is 2.21. The van der Waals surface area contributed by atoms with Crippen molar-refractivity contribution in [3.8, 4) is 0 Å². The molecule has 2 aromatic rings. The molecule has 0 aliphatic carbocycles. The van der Waals surface area contributed by atoms with Crippen molar-refractivity contribution in [3.63, 3.8) is 0 Å². The van der Waals surface area contributed by atoms with Crippen LogP contribution in [0.2, 0.25) is 0 Å². The Morgan fingerprint density at radius 1 is 1.25 bits per heavy atom. The monoisotopic (exact) mass is 217 g/mol. The molecule has 0 radical (unpaired) electrons. The van der Waals surface area contributed by atoms with E-state index in [2.05, 4.69) is 10.3 Å². The molecule has 0 bridgehead atoms. The Hall–Kier alpha value is -2.10. The molecule has 82 valence electrons. The third kappa shape index (κ3) is 2.48. The summed E-state index contributed by atoms with van der Waals surface area (Å²) in [6.45, 7) is 0.482. The molecule has 0 atom stereocenters. The molecule has 4 heteroatoms. The predicted octanol–water partition coefficient (Wildman–Crippen LogP) is 2.42. The molecule has 0 saturated heterocycles. The van der Waals surface area contributed by atoms with E-state index in [0.29, 0.717) is 17.9 Å².